The van der Waals surface area contributed by atoms with Crippen LogP contribution in [-0.2, 0) is 6.54 Å². The predicted octanol–water partition coefficient (Wildman–Crippen LogP) is 4.47. The highest BCUT2D eigenvalue weighted by Crippen LogP contribution is 2.32. The Labute approximate surface area is 136 Å². The van der Waals surface area contributed by atoms with E-state index in [9.17, 15) is 0 Å². The van der Waals surface area contributed by atoms with Gasteiger partial charge in [0.2, 0.25) is 0 Å². The van der Waals surface area contributed by atoms with Crippen LogP contribution in [0.1, 0.15) is 24.1 Å². The van der Waals surface area contributed by atoms with Gasteiger partial charge < -0.3 is 10.1 Å². The van der Waals surface area contributed by atoms with E-state index in [2.05, 4.69) is 55.2 Å². The van der Waals surface area contributed by atoms with Crippen LogP contribution in [0.2, 0.25) is 0 Å². The maximum absolute atomic E-state index is 5.45. The van der Waals surface area contributed by atoms with Crippen molar-refractivity contribution in [1.29, 1.82) is 0 Å². The van der Waals surface area contributed by atoms with Crippen molar-refractivity contribution in [2.24, 2.45) is 0 Å². The molecule has 1 aromatic carbocycles. The zero-order valence-corrected chi connectivity index (χ0v) is 14.5. The molecule has 3 nitrogen and oxygen atoms in total. The summed E-state index contributed by atoms with van der Waals surface area (Å²) in [5.74, 6) is 0.864. The van der Waals surface area contributed by atoms with Crippen molar-refractivity contribution in [3.05, 3.63) is 56.7 Å². The Kier molecular flexibility index (Phi) is 5.57. The minimum absolute atomic E-state index is 0.250. The Balaban J connectivity index is 2.11. The highest BCUT2D eigenvalue weighted by Gasteiger charge is 2.11. The summed E-state index contributed by atoms with van der Waals surface area (Å²) in [5, 5.41) is 3.49. The molecule has 0 spiro atoms. The number of benzene rings is 1. The van der Waals surface area contributed by atoms with Crippen molar-refractivity contribution in [3.8, 4) is 5.75 Å². The molecule has 0 aliphatic carbocycles. The van der Waals surface area contributed by atoms with Gasteiger partial charge in [-0.15, -0.1) is 0 Å². The summed E-state index contributed by atoms with van der Waals surface area (Å²) in [6.45, 7) is 2.86. The number of halogens is 2. The molecule has 0 aliphatic heterocycles. The minimum atomic E-state index is 0.250. The van der Waals surface area contributed by atoms with E-state index in [4.69, 9.17) is 4.74 Å². The Morgan fingerprint density at radius 3 is 2.60 bits per heavy atom. The summed E-state index contributed by atoms with van der Waals surface area (Å²) in [6.07, 6.45) is 3.62. The van der Waals surface area contributed by atoms with Crippen molar-refractivity contribution in [3.63, 3.8) is 0 Å². The molecule has 5 heteroatoms. The van der Waals surface area contributed by atoms with Crippen molar-refractivity contribution in [2.45, 2.75) is 19.5 Å². The van der Waals surface area contributed by atoms with Gasteiger partial charge in [-0.3, -0.25) is 4.98 Å². The lowest BCUT2D eigenvalue weighted by atomic mass is 10.1. The Morgan fingerprint density at radius 1 is 1.25 bits per heavy atom. The topological polar surface area (TPSA) is 34.1 Å². The van der Waals surface area contributed by atoms with Crippen molar-refractivity contribution in [1.82, 2.24) is 10.3 Å². The van der Waals surface area contributed by atoms with Gasteiger partial charge in [0.25, 0.3) is 0 Å². The Bertz CT molecular complexity index is 576. The lowest BCUT2D eigenvalue weighted by Crippen LogP contribution is -2.18. The summed E-state index contributed by atoms with van der Waals surface area (Å²) in [6, 6.07) is 8.34. The first-order chi connectivity index (χ1) is 9.61. The molecule has 1 aromatic heterocycles. The fraction of sp³-hybridized carbons (Fsp3) is 0.267. The molecule has 2 aromatic rings. The second kappa shape index (κ2) is 7.20. The number of nitrogens with zero attached hydrogens (tertiary/aromatic N) is 1. The molecular weight excluding hydrogens is 384 g/mol. The van der Waals surface area contributed by atoms with Crippen molar-refractivity contribution >= 4 is 31.9 Å². The van der Waals surface area contributed by atoms with Crippen LogP contribution in [0.4, 0.5) is 0 Å². The Morgan fingerprint density at radius 2 is 1.95 bits per heavy atom. The predicted molar refractivity (Wildman–Crippen MR) is 87.9 cm³/mol. The molecule has 0 aliphatic rings. The molecule has 20 heavy (non-hydrogen) atoms. The first-order valence-corrected chi connectivity index (χ1v) is 7.85. The molecule has 0 fully saturated rings. The fourth-order valence-electron chi connectivity index (χ4n) is 2.01. The fourth-order valence-corrected chi connectivity index (χ4v) is 3.48. The molecule has 1 atom stereocenters. The zero-order chi connectivity index (χ0) is 14.5. The molecule has 0 saturated heterocycles. The summed E-state index contributed by atoms with van der Waals surface area (Å²) < 4.78 is 7.42. The molecule has 1 heterocycles. The van der Waals surface area contributed by atoms with E-state index in [1.807, 2.05) is 30.6 Å². The van der Waals surface area contributed by atoms with Gasteiger partial charge >= 0.3 is 0 Å². The highest BCUT2D eigenvalue weighted by atomic mass is 79.9. The van der Waals surface area contributed by atoms with Crippen molar-refractivity contribution < 1.29 is 4.74 Å². The molecule has 2 rings (SSSR count). The number of methoxy groups -OCH3 is 1. The van der Waals surface area contributed by atoms with Crippen LogP contribution in [0.5, 0.6) is 5.75 Å². The maximum atomic E-state index is 5.45. The zero-order valence-electron chi connectivity index (χ0n) is 11.4. The van der Waals surface area contributed by atoms with Crippen LogP contribution >= 0.6 is 31.9 Å². The SMILES string of the molecule is COc1c(Br)cc(Br)cc1CN[C@@H](C)c1ccncc1. The summed E-state index contributed by atoms with van der Waals surface area (Å²) in [5.41, 5.74) is 2.32. The maximum Gasteiger partial charge on any atom is 0.137 e. The van der Waals surface area contributed by atoms with E-state index in [1.165, 1.54) is 5.56 Å². The minimum Gasteiger partial charge on any atom is -0.495 e. The van der Waals surface area contributed by atoms with Crippen molar-refractivity contribution in [2.75, 3.05) is 7.11 Å². The van der Waals surface area contributed by atoms with Gasteiger partial charge in [0, 0.05) is 35.0 Å². The van der Waals surface area contributed by atoms with Crippen LogP contribution in [0.3, 0.4) is 0 Å². The molecule has 0 bridgehead atoms. The van der Waals surface area contributed by atoms with E-state index in [-0.39, 0.29) is 6.04 Å². The third-order valence-corrected chi connectivity index (χ3v) is 4.14. The molecule has 0 unspecified atom stereocenters. The van der Waals surface area contributed by atoms with Gasteiger partial charge in [-0.1, -0.05) is 15.9 Å². The quantitative estimate of drug-likeness (QED) is 0.805. The molecule has 0 saturated carbocycles. The second-order valence-electron chi connectivity index (χ2n) is 4.46. The lowest BCUT2D eigenvalue weighted by Gasteiger charge is -2.16. The summed E-state index contributed by atoms with van der Waals surface area (Å²) >= 11 is 7.03. The number of aromatic nitrogens is 1. The second-order valence-corrected chi connectivity index (χ2v) is 6.23. The van der Waals surface area contributed by atoms with E-state index in [1.54, 1.807) is 7.11 Å². The van der Waals surface area contributed by atoms with E-state index in [0.29, 0.717) is 0 Å². The van der Waals surface area contributed by atoms with Gasteiger partial charge in [0.1, 0.15) is 5.75 Å². The van der Waals surface area contributed by atoms with Crippen LogP contribution in [0.25, 0.3) is 0 Å². The standard InChI is InChI=1S/C15H16Br2N2O/c1-10(11-3-5-18-6-4-11)19-9-12-7-13(16)8-14(17)15(12)20-2/h3-8,10,19H,9H2,1-2H3/t10-/m0/s1. The van der Waals surface area contributed by atoms with Crippen LogP contribution in [0.15, 0.2) is 45.6 Å². The normalized spacial score (nSPS) is 12.2. The number of hydrogen-bond acceptors (Lipinski definition) is 3. The van der Waals surface area contributed by atoms with E-state index in [0.717, 1.165) is 26.8 Å². The van der Waals surface area contributed by atoms with E-state index < -0.39 is 0 Å². The number of rotatable bonds is 5. The third kappa shape index (κ3) is 3.81. The number of nitrogens with one attached hydrogen (secondary N) is 1. The first-order valence-electron chi connectivity index (χ1n) is 6.27. The summed E-state index contributed by atoms with van der Waals surface area (Å²) in [7, 11) is 1.68. The van der Waals surface area contributed by atoms with Gasteiger partial charge in [0.05, 0.1) is 11.6 Å². The molecular formula is C15H16Br2N2O. The average Bonchev–Trinajstić information content (AvgIpc) is 2.45. The number of hydrogen-bond donors (Lipinski definition) is 1. The average molecular weight is 400 g/mol. The highest BCUT2D eigenvalue weighted by molar-refractivity contribution is 9.11. The van der Waals surface area contributed by atoms with Gasteiger partial charge in [-0.25, -0.2) is 0 Å². The summed E-state index contributed by atoms with van der Waals surface area (Å²) in [4.78, 5) is 4.04. The van der Waals surface area contributed by atoms with E-state index >= 15 is 0 Å². The van der Waals surface area contributed by atoms with Gasteiger partial charge in [-0.05, 0) is 52.7 Å². The molecule has 0 amide bonds. The monoisotopic (exact) mass is 398 g/mol. The number of pyridine rings is 1. The molecule has 1 N–H and O–H groups in total. The molecule has 106 valence electrons. The van der Waals surface area contributed by atoms with Crippen LogP contribution < -0.4 is 10.1 Å². The lowest BCUT2D eigenvalue weighted by molar-refractivity contribution is 0.403. The first kappa shape index (κ1) is 15.5. The smallest absolute Gasteiger partial charge is 0.137 e. The Hall–Kier alpha value is -0.910. The van der Waals surface area contributed by atoms with Crippen LogP contribution in [-0.4, -0.2) is 12.1 Å². The van der Waals surface area contributed by atoms with Gasteiger partial charge in [0.15, 0.2) is 0 Å². The molecule has 0 radical (unpaired) electrons. The number of ether oxygens (including phenoxy) is 1. The van der Waals surface area contributed by atoms with Gasteiger partial charge in [-0.2, -0.15) is 0 Å². The third-order valence-electron chi connectivity index (χ3n) is 3.09. The largest absolute Gasteiger partial charge is 0.495 e. The van der Waals surface area contributed by atoms with Crippen LogP contribution in [0, 0.1) is 0 Å².